The van der Waals surface area contributed by atoms with Crippen molar-refractivity contribution < 1.29 is 5.48 Å². The van der Waals surface area contributed by atoms with Crippen molar-refractivity contribution in [1.29, 1.82) is 0 Å². The van der Waals surface area contributed by atoms with Crippen molar-refractivity contribution in [1.82, 2.24) is 4.98 Å². The molecule has 2 aliphatic rings. The summed E-state index contributed by atoms with van der Waals surface area (Å²) in [6.07, 6.45) is 6.11. The molecule has 1 heterocycles. The molecule has 3 rings (SSSR count). The summed E-state index contributed by atoms with van der Waals surface area (Å²) >= 11 is 0. The average molecular weight is 260 g/mol. The Morgan fingerprint density at radius 2 is 2.21 bits per heavy atom. The van der Waals surface area contributed by atoms with E-state index in [4.69, 9.17) is 5.73 Å². The predicted molar refractivity (Wildman–Crippen MR) is 75.9 cm³/mol. The van der Waals surface area contributed by atoms with E-state index in [1.807, 2.05) is 6.07 Å². The smallest absolute Gasteiger partial charge is 0.248 e. The molecular formula is C15H20N2O2. The number of allylic oxidation sites excluding steroid dienone is 2. The molecule has 5 N–H and O–H groups in total. The van der Waals surface area contributed by atoms with Crippen LogP contribution in [-0.4, -0.2) is 10.5 Å². The highest BCUT2D eigenvalue weighted by Gasteiger charge is 2.43. The van der Waals surface area contributed by atoms with Gasteiger partial charge in [-0.15, -0.1) is 0 Å². The van der Waals surface area contributed by atoms with Crippen LogP contribution in [0.1, 0.15) is 31.5 Å². The van der Waals surface area contributed by atoms with Gasteiger partial charge in [0.05, 0.1) is 5.54 Å². The highest BCUT2D eigenvalue weighted by atomic mass is 16.1. The molecule has 0 saturated carbocycles. The number of pyridine rings is 1. The Balaban J connectivity index is 0.00000133. The fourth-order valence-electron chi connectivity index (χ4n) is 3.57. The monoisotopic (exact) mass is 260 g/mol. The van der Waals surface area contributed by atoms with E-state index in [-0.39, 0.29) is 11.0 Å². The van der Waals surface area contributed by atoms with Crippen molar-refractivity contribution in [3.8, 4) is 0 Å². The minimum Gasteiger partial charge on any atom is -0.412 e. The first-order valence-electron chi connectivity index (χ1n) is 6.40. The highest BCUT2D eigenvalue weighted by Crippen LogP contribution is 2.47. The van der Waals surface area contributed by atoms with Crippen molar-refractivity contribution in [2.45, 2.75) is 32.2 Å². The van der Waals surface area contributed by atoms with E-state index in [1.54, 1.807) is 6.07 Å². The molecular weight excluding hydrogens is 240 g/mol. The number of aromatic amines is 1. The first kappa shape index (κ1) is 13.8. The van der Waals surface area contributed by atoms with E-state index in [1.165, 1.54) is 11.1 Å². The summed E-state index contributed by atoms with van der Waals surface area (Å²) in [4.78, 5) is 14.4. The van der Waals surface area contributed by atoms with Crippen LogP contribution in [0.3, 0.4) is 0 Å². The first-order valence-corrected chi connectivity index (χ1v) is 6.40. The van der Waals surface area contributed by atoms with Gasteiger partial charge < -0.3 is 16.2 Å². The van der Waals surface area contributed by atoms with Gasteiger partial charge in [-0.3, -0.25) is 4.79 Å². The van der Waals surface area contributed by atoms with Gasteiger partial charge in [0.2, 0.25) is 5.56 Å². The lowest BCUT2D eigenvalue weighted by Crippen LogP contribution is -2.48. The lowest BCUT2D eigenvalue weighted by atomic mass is 9.63. The van der Waals surface area contributed by atoms with E-state index in [0.717, 1.165) is 24.1 Å². The average Bonchev–Trinajstić information content (AvgIpc) is 2.26. The SMILES string of the molecule is C/C=C1\[C@H]2C=C(C)C[C@]1(N)c1ccc(=O)[nH]c1C2.O. The summed E-state index contributed by atoms with van der Waals surface area (Å²) in [6, 6.07) is 3.47. The van der Waals surface area contributed by atoms with Crippen LogP contribution >= 0.6 is 0 Å². The van der Waals surface area contributed by atoms with Gasteiger partial charge in [0, 0.05) is 17.7 Å². The van der Waals surface area contributed by atoms with Crippen LogP contribution < -0.4 is 11.3 Å². The number of fused-ring (bicyclic) bond motifs is 4. The van der Waals surface area contributed by atoms with Crippen LogP contribution in [0.25, 0.3) is 0 Å². The molecule has 0 radical (unpaired) electrons. The van der Waals surface area contributed by atoms with Crippen LogP contribution in [0.15, 0.2) is 40.2 Å². The normalized spacial score (nSPS) is 30.4. The van der Waals surface area contributed by atoms with Crippen LogP contribution in [0, 0.1) is 5.92 Å². The van der Waals surface area contributed by atoms with Crippen molar-refractivity contribution >= 4 is 0 Å². The number of aromatic nitrogens is 1. The van der Waals surface area contributed by atoms with E-state index in [0.29, 0.717) is 5.92 Å². The predicted octanol–water partition coefficient (Wildman–Crippen LogP) is 1.17. The Hall–Kier alpha value is -1.65. The van der Waals surface area contributed by atoms with Gasteiger partial charge in [-0.2, -0.15) is 0 Å². The molecule has 19 heavy (non-hydrogen) atoms. The molecule has 0 saturated heterocycles. The first-order chi connectivity index (χ1) is 8.54. The minimum atomic E-state index is -0.434. The molecule has 1 aromatic heterocycles. The zero-order valence-electron chi connectivity index (χ0n) is 11.3. The van der Waals surface area contributed by atoms with Crippen LogP contribution in [-0.2, 0) is 12.0 Å². The summed E-state index contributed by atoms with van der Waals surface area (Å²) in [7, 11) is 0. The number of rotatable bonds is 0. The van der Waals surface area contributed by atoms with Crippen molar-refractivity contribution in [3.63, 3.8) is 0 Å². The van der Waals surface area contributed by atoms with Crippen molar-refractivity contribution in [3.05, 3.63) is 57.0 Å². The third kappa shape index (κ3) is 1.88. The second kappa shape index (κ2) is 4.47. The number of H-pyrrole nitrogens is 1. The molecule has 2 atom stereocenters. The van der Waals surface area contributed by atoms with E-state index >= 15 is 0 Å². The maximum absolute atomic E-state index is 11.5. The molecule has 0 unspecified atom stereocenters. The van der Waals surface area contributed by atoms with Crippen molar-refractivity contribution in [2.75, 3.05) is 0 Å². The molecule has 0 aliphatic heterocycles. The number of hydrogen-bond acceptors (Lipinski definition) is 2. The lowest BCUT2D eigenvalue weighted by Gasteiger charge is -2.45. The third-order valence-electron chi connectivity index (χ3n) is 4.17. The largest absolute Gasteiger partial charge is 0.412 e. The Morgan fingerprint density at radius 3 is 2.89 bits per heavy atom. The number of hydrogen-bond donors (Lipinski definition) is 2. The lowest BCUT2D eigenvalue weighted by molar-refractivity contribution is 0.409. The van der Waals surface area contributed by atoms with Gasteiger partial charge >= 0.3 is 0 Å². The Kier molecular flexibility index (Phi) is 3.24. The molecule has 0 fully saturated rings. The second-order valence-electron chi connectivity index (χ2n) is 5.43. The van der Waals surface area contributed by atoms with Gasteiger partial charge in [-0.05, 0) is 43.9 Å². The van der Waals surface area contributed by atoms with Gasteiger partial charge in [0.1, 0.15) is 0 Å². The molecule has 2 aliphatic carbocycles. The summed E-state index contributed by atoms with van der Waals surface area (Å²) in [5, 5.41) is 0. The molecule has 102 valence electrons. The van der Waals surface area contributed by atoms with Gasteiger partial charge in [0.25, 0.3) is 0 Å². The summed E-state index contributed by atoms with van der Waals surface area (Å²) in [6.45, 7) is 4.19. The summed E-state index contributed by atoms with van der Waals surface area (Å²) in [5.74, 6) is 0.333. The van der Waals surface area contributed by atoms with Crippen LogP contribution in [0.5, 0.6) is 0 Å². The summed E-state index contributed by atoms with van der Waals surface area (Å²) in [5.41, 5.74) is 10.9. The van der Waals surface area contributed by atoms with Gasteiger partial charge in [-0.25, -0.2) is 0 Å². The topological polar surface area (TPSA) is 90.4 Å². The fraction of sp³-hybridized carbons (Fsp3) is 0.400. The molecule has 4 heteroatoms. The van der Waals surface area contributed by atoms with Crippen LogP contribution in [0.4, 0.5) is 0 Å². The Bertz CT molecular complexity index is 627. The van der Waals surface area contributed by atoms with E-state index in [9.17, 15) is 4.79 Å². The number of nitrogens with one attached hydrogen (secondary N) is 1. The minimum absolute atomic E-state index is 0. The second-order valence-corrected chi connectivity index (χ2v) is 5.43. The molecule has 2 bridgehead atoms. The number of nitrogens with two attached hydrogens (primary N) is 1. The summed E-state index contributed by atoms with van der Waals surface area (Å²) < 4.78 is 0. The molecule has 0 aromatic carbocycles. The zero-order chi connectivity index (χ0) is 12.9. The van der Waals surface area contributed by atoms with Gasteiger partial charge in [-0.1, -0.05) is 17.7 Å². The van der Waals surface area contributed by atoms with Gasteiger partial charge in [0.15, 0.2) is 0 Å². The molecule has 1 aromatic rings. The standard InChI is InChI=1S/C15H18N2O.H2O/c1-3-11-10-6-9(2)8-15(11,16)12-4-5-14(18)17-13(12)7-10;/h3-6,10H,7-8,16H2,1-2H3,(H,17,18);1H2/b11-3+;/t10-,15+;/m0./s1. The van der Waals surface area contributed by atoms with E-state index in [2.05, 4.69) is 31.0 Å². The zero-order valence-corrected chi connectivity index (χ0v) is 11.3. The Labute approximate surface area is 112 Å². The quantitative estimate of drug-likeness (QED) is 0.686. The maximum atomic E-state index is 11.5. The van der Waals surface area contributed by atoms with Crippen molar-refractivity contribution in [2.24, 2.45) is 11.7 Å². The molecule has 0 spiro atoms. The maximum Gasteiger partial charge on any atom is 0.248 e. The van der Waals surface area contributed by atoms with Crippen LogP contribution in [0.2, 0.25) is 0 Å². The molecule has 0 amide bonds. The highest BCUT2D eigenvalue weighted by molar-refractivity contribution is 5.48. The van der Waals surface area contributed by atoms with E-state index < -0.39 is 5.54 Å². The third-order valence-corrected chi connectivity index (χ3v) is 4.17. The molecule has 4 nitrogen and oxygen atoms in total. The Morgan fingerprint density at radius 1 is 1.47 bits per heavy atom. The fourth-order valence-corrected chi connectivity index (χ4v) is 3.57.